The number of aryl methyl sites for hydroxylation is 1. The fourth-order valence-corrected chi connectivity index (χ4v) is 3.64. The van der Waals surface area contributed by atoms with Gasteiger partial charge in [0.25, 0.3) is 0 Å². The van der Waals surface area contributed by atoms with E-state index in [9.17, 15) is 5.11 Å². The summed E-state index contributed by atoms with van der Waals surface area (Å²) >= 11 is 1.61. The maximum atomic E-state index is 9.58. The van der Waals surface area contributed by atoms with Crippen LogP contribution in [0.3, 0.4) is 0 Å². The first-order valence-corrected chi connectivity index (χ1v) is 8.93. The first kappa shape index (κ1) is 16.2. The average molecular weight is 360 g/mol. The van der Waals surface area contributed by atoms with Crippen LogP contribution in [0.5, 0.6) is 5.75 Å². The van der Waals surface area contributed by atoms with E-state index in [-0.39, 0.29) is 5.75 Å². The molecule has 0 amide bonds. The highest BCUT2D eigenvalue weighted by Crippen LogP contribution is 2.34. The van der Waals surface area contributed by atoms with Crippen molar-refractivity contribution >= 4 is 23.0 Å². The van der Waals surface area contributed by atoms with Gasteiger partial charge >= 0.3 is 0 Å². The summed E-state index contributed by atoms with van der Waals surface area (Å²) < 4.78 is 0. The van der Waals surface area contributed by atoms with Crippen LogP contribution in [0.25, 0.3) is 21.1 Å². The molecule has 0 spiro atoms. The van der Waals surface area contributed by atoms with E-state index < -0.39 is 0 Å². The van der Waals surface area contributed by atoms with Crippen LogP contribution in [-0.2, 0) is 0 Å². The molecule has 0 fully saturated rings. The van der Waals surface area contributed by atoms with Crippen LogP contribution in [0.1, 0.15) is 5.69 Å². The zero-order valence-corrected chi connectivity index (χ0v) is 14.9. The summed E-state index contributed by atoms with van der Waals surface area (Å²) in [5, 5.41) is 13.7. The van der Waals surface area contributed by atoms with Crippen LogP contribution in [0.15, 0.2) is 66.9 Å². The molecular formula is C20H16N4OS. The lowest BCUT2D eigenvalue weighted by Gasteiger charge is -2.06. The summed E-state index contributed by atoms with van der Waals surface area (Å²) in [6.07, 6.45) is 1.72. The van der Waals surface area contributed by atoms with Crippen LogP contribution in [0, 0.1) is 6.92 Å². The van der Waals surface area contributed by atoms with Gasteiger partial charge in [0.2, 0.25) is 5.95 Å². The van der Waals surface area contributed by atoms with Crippen molar-refractivity contribution in [1.29, 1.82) is 0 Å². The molecule has 0 aliphatic rings. The maximum absolute atomic E-state index is 9.58. The van der Waals surface area contributed by atoms with Gasteiger partial charge in [0.15, 0.2) is 0 Å². The molecule has 5 nitrogen and oxygen atoms in total. The Morgan fingerprint density at radius 2 is 1.81 bits per heavy atom. The molecule has 0 saturated carbocycles. The topological polar surface area (TPSA) is 70.9 Å². The standard InChI is InChI=1S/C20H16N4OS/c1-13-18(26-19(22-13)14-6-3-2-4-7-14)17-10-11-21-20(24-17)23-15-8-5-9-16(25)12-15/h2-12,25H,1H3,(H,21,23,24). The van der Waals surface area contributed by atoms with Crippen LogP contribution in [0.2, 0.25) is 0 Å². The number of phenolic OH excluding ortho intramolecular Hbond substituents is 1. The van der Waals surface area contributed by atoms with Crippen LogP contribution >= 0.6 is 11.3 Å². The van der Waals surface area contributed by atoms with Gasteiger partial charge in [-0.1, -0.05) is 36.4 Å². The largest absolute Gasteiger partial charge is 0.508 e. The number of anilines is 2. The Balaban J connectivity index is 1.66. The molecule has 0 unspecified atom stereocenters. The molecule has 2 heterocycles. The minimum absolute atomic E-state index is 0.192. The SMILES string of the molecule is Cc1nc(-c2ccccc2)sc1-c1ccnc(Nc2cccc(O)c2)n1. The molecule has 4 rings (SSSR count). The van der Waals surface area contributed by atoms with Crippen LogP contribution in [0.4, 0.5) is 11.6 Å². The molecule has 2 aromatic carbocycles. The first-order chi connectivity index (χ1) is 12.7. The summed E-state index contributed by atoms with van der Waals surface area (Å²) in [7, 11) is 0. The number of aromatic nitrogens is 3. The van der Waals surface area contributed by atoms with E-state index in [1.54, 1.807) is 35.7 Å². The summed E-state index contributed by atoms with van der Waals surface area (Å²) in [4.78, 5) is 14.6. The number of nitrogens with one attached hydrogen (secondary N) is 1. The average Bonchev–Trinajstić information content (AvgIpc) is 3.05. The molecular weight excluding hydrogens is 344 g/mol. The molecule has 4 aromatic rings. The van der Waals surface area contributed by atoms with Gasteiger partial charge in [0.05, 0.1) is 16.3 Å². The van der Waals surface area contributed by atoms with E-state index in [4.69, 9.17) is 0 Å². The number of thiazole rings is 1. The number of aromatic hydroxyl groups is 1. The van der Waals surface area contributed by atoms with E-state index in [0.717, 1.165) is 32.5 Å². The molecule has 26 heavy (non-hydrogen) atoms. The lowest BCUT2D eigenvalue weighted by Crippen LogP contribution is -1.97. The Labute approximate surface area is 155 Å². The third-order valence-electron chi connectivity index (χ3n) is 3.81. The highest BCUT2D eigenvalue weighted by molar-refractivity contribution is 7.18. The number of benzene rings is 2. The van der Waals surface area contributed by atoms with Gasteiger partial charge in [0, 0.05) is 23.5 Å². The molecule has 0 radical (unpaired) electrons. The highest BCUT2D eigenvalue weighted by atomic mass is 32.1. The number of rotatable bonds is 4. The minimum Gasteiger partial charge on any atom is -0.508 e. The van der Waals surface area contributed by atoms with Gasteiger partial charge in [-0.2, -0.15) is 0 Å². The second kappa shape index (κ2) is 6.93. The smallest absolute Gasteiger partial charge is 0.227 e. The first-order valence-electron chi connectivity index (χ1n) is 8.11. The van der Waals surface area contributed by atoms with Crippen molar-refractivity contribution in [3.05, 3.63) is 72.6 Å². The molecule has 0 bridgehead atoms. The van der Waals surface area contributed by atoms with Gasteiger partial charge in [-0.15, -0.1) is 11.3 Å². The molecule has 6 heteroatoms. The fraction of sp³-hybridized carbons (Fsp3) is 0.0500. The Bertz CT molecular complexity index is 1050. The minimum atomic E-state index is 0.192. The lowest BCUT2D eigenvalue weighted by atomic mass is 10.2. The highest BCUT2D eigenvalue weighted by Gasteiger charge is 2.13. The van der Waals surface area contributed by atoms with Gasteiger partial charge in [-0.25, -0.2) is 15.0 Å². The van der Waals surface area contributed by atoms with E-state index in [1.165, 1.54) is 0 Å². The number of hydrogen-bond donors (Lipinski definition) is 2. The van der Waals surface area contributed by atoms with Crippen molar-refractivity contribution in [2.75, 3.05) is 5.32 Å². The van der Waals surface area contributed by atoms with Crippen molar-refractivity contribution in [3.63, 3.8) is 0 Å². The normalized spacial score (nSPS) is 10.7. The van der Waals surface area contributed by atoms with Crippen molar-refractivity contribution in [2.45, 2.75) is 6.92 Å². The Morgan fingerprint density at radius 1 is 0.962 bits per heavy atom. The number of phenols is 1. The molecule has 0 saturated heterocycles. The third-order valence-corrected chi connectivity index (χ3v) is 5.04. The van der Waals surface area contributed by atoms with Crippen LogP contribution < -0.4 is 5.32 Å². The zero-order chi connectivity index (χ0) is 17.9. The lowest BCUT2D eigenvalue weighted by molar-refractivity contribution is 0.475. The van der Waals surface area contributed by atoms with Gasteiger partial charge in [-0.05, 0) is 25.1 Å². The van der Waals surface area contributed by atoms with Gasteiger partial charge < -0.3 is 10.4 Å². The summed E-state index contributed by atoms with van der Waals surface area (Å²) in [6.45, 7) is 1.99. The van der Waals surface area contributed by atoms with E-state index in [1.807, 2.05) is 37.3 Å². The molecule has 128 valence electrons. The molecule has 0 atom stereocenters. The van der Waals surface area contributed by atoms with Crippen molar-refractivity contribution in [3.8, 4) is 26.9 Å². The third kappa shape index (κ3) is 3.41. The molecule has 0 aliphatic carbocycles. The van der Waals surface area contributed by atoms with Crippen molar-refractivity contribution in [2.24, 2.45) is 0 Å². The summed E-state index contributed by atoms with van der Waals surface area (Å²) in [5.74, 6) is 0.666. The molecule has 2 aromatic heterocycles. The molecule has 0 aliphatic heterocycles. The zero-order valence-electron chi connectivity index (χ0n) is 14.0. The Hall–Kier alpha value is -3.25. The number of nitrogens with zero attached hydrogens (tertiary/aromatic N) is 3. The van der Waals surface area contributed by atoms with Crippen molar-refractivity contribution < 1.29 is 5.11 Å². The molecule has 2 N–H and O–H groups in total. The van der Waals surface area contributed by atoms with Crippen molar-refractivity contribution in [1.82, 2.24) is 15.0 Å². The predicted octanol–water partition coefficient (Wildman–Crippen LogP) is 5.02. The van der Waals surface area contributed by atoms with Gasteiger partial charge in [-0.3, -0.25) is 0 Å². The van der Waals surface area contributed by atoms with Crippen LogP contribution in [-0.4, -0.2) is 20.1 Å². The fourth-order valence-electron chi connectivity index (χ4n) is 2.60. The summed E-state index contributed by atoms with van der Waals surface area (Å²) in [5.41, 5.74) is 3.59. The Morgan fingerprint density at radius 3 is 2.62 bits per heavy atom. The monoisotopic (exact) mass is 360 g/mol. The Kier molecular flexibility index (Phi) is 4.33. The van der Waals surface area contributed by atoms with E-state index >= 15 is 0 Å². The van der Waals surface area contributed by atoms with E-state index in [2.05, 4.69) is 32.4 Å². The van der Waals surface area contributed by atoms with Gasteiger partial charge in [0.1, 0.15) is 10.8 Å². The quantitative estimate of drug-likeness (QED) is 0.534. The summed E-state index contributed by atoms with van der Waals surface area (Å²) in [6, 6.07) is 18.9. The second-order valence-electron chi connectivity index (χ2n) is 5.74. The maximum Gasteiger partial charge on any atom is 0.227 e. The predicted molar refractivity (Wildman–Crippen MR) is 105 cm³/mol. The van der Waals surface area contributed by atoms with E-state index in [0.29, 0.717) is 5.95 Å². The second-order valence-corrected chi connectivity index (χ2v) is 6.74. The number of hydrogen-bond acceptors (Lipinski definition) is 6.